The van der Waals surface area contributed by atoms with Crippen LogP contribution in [0, 0.1) is 5.82 Å². The van der Waals surface area contributed by atoms with Crippen molar-refractivity contribution in [2.75, 3.05) is 6.61 Å². The molecule has 3 aromatic carbocycles. The molecule has 2 heterocycles. The summed E-state index contributed by atoms with van der Waals surface area (Å²) in [5.41, 5.74) is 3.51. The standard InChI is InChI=1S/C28H26FNO4/c1-27(2)16-34-28(3,15-17-7-9-18(10-8-17)26(32)33)24-23-21(5-4-6-22(23)31)30(25(24)27)20-13-11-19(29)12-14-20/h4-14,31H,15-16H2,1-3H3,(H,32,33). The van der Waals surface area contributed by atoms with E-state index in [2.05, 4.69) is 18.4 Å². The van der Waals surface area contributed by atoms with Crippen molar-refractivity contribution >= 4 is 16.9 Å². The number of phenols is 1. The molecule has 5 nitrogen and oxygen atoms in total. The van der Waals surface area contributed by atoms with Gasteiger partial charge in [-0.25, -0.2) is 9.18 Å². The van der Waals surface area contributed by atoms with Crippen LogP contribution in [0.5, 0.6) is 5.75 Å². The monoisotopic (exact) mass is 459 g/mol. The summed E-state index contributed by atoms with van der Waals surface area (Å²) in [6.07, 6.45) is 0.493. The number of carboxylic acid groups (broad SMARTS) is 1. The van der Waals surface area contributed by atoms with Gasteiger partial charge in [0.1, 0.15) is 11.6 Å². The number of nitrogens with zero attached hydrogens (tertiary/aromatic N) is 1. The molecule has 5 rings (SSSR count). The van der Waals surface area contributed by atoms with E-state index in [1.54, 1.807) is 48.5 Å². The Morgan fingerprint density at radius 1 is 1.03 bits per heavy atom. The van der Waals surface area contributed by atoms with E-state index in [4.69, 9.17) is 4.74 Å². The number of rotatable bonds is 4. The lowest BCUT2D eigenvalue weighted by Gasteiger charge is -2.43. The zero-order valence-corrected chi connectivity index (χ0v) is 19.3. The van der Waals surface area contributed by atoms with Crippen molar-refractivity contribution < 1.29 is 24.1 Å². The molecule has 1 aromatic heterocycles. The van der Waals surface area contributed by atoms with Crippen molar-refractivity contribution in [3.8, 4) is 11.4 Å². The van der Waals surface area contributed by atoms with Gasteiger partial charge < -0.3 is 19.5 Å². The van der Waals surface area contributed by atoms with Crippen LogP contribution in [0.1, 0.15) is 48.0 Å². The van der Waals surface area contributed by atoms with Gasteiger partial charge in [-0.1, -0.05) is 32.0 Å². The Balaban J connectivity index is 1.76. The predicted molar refractivity (Wildman–Crippen MR) is 128 cm³/mol. The largest absolute Gasteiger partial charge is 0.507 e. The van der Waals surface area contributed by atoms with Gasteiger partial charge in [0, 0.05) is 34.2 Å². The maximum absolute atomic E-state index is 13.7. The second-order valence-electron chi connectivity index (χ2n) is 9.79. The van der Waals surface area contributed by atoms with E-state index in [9.17, 15) is 19.4 Å². The summed E-state index contributed by atoms with van der Waals surface area (Å²) in [7, 11) is 0. The number of phenolic OH excluding ortho intramolecular Hbond substituents is 1. The molecule has 1 unspecified atom stereocenters. The van der Waals surface area contributed by atoms with E-state index >= 15 is 0 Å². The minimum absolute atomic E-state index is 0.156. The third-order valence-corrected chi connectivity index (χ3v) is 6.72. The van der Waals surface area contributed by atoms with Crippen molar-refractivity contribution in [2.45, 2.75) is 38.2 Å². The SMILES string of the molecule is CC1(C)COC(C)(Cc2ccc(C(=O)O)cc2)c2c1n(-c1ccc(F)cc1)c1cccc(O)c21. The van der Waals surface area contributed by atoms with Gasteiger partial charge in [-0.3, -0.25) is 0 Å². The Kier molecular flexibility index (Phi) is 5.02. The van der Waals surface area contributed by atoms with Crippen molar-refractivity contribution in [3.05, 3.63) is 94.9 Å². The van der Waals surface area contributed by atoms with E-state index < -0.39 is 11.6 Å². The topological polar surface area (TPSA) is 71.7 Å². The van der Waals surface area contributed by atoms with E-state index in [-0.39, 0.29) is 22.5 Å². The fourth-order valence-corrected chi connectivity index (χ4v) is 5.11. The fourth-order valence-electron chi connectivity index (χ4n) is 5.11. The minimum Gasteiger partial charge on any atom is -0.507 e. The molecule has 0 spiro atoms. The molecular weight excluding hydrogens is 433 g/mol. The lowest BCUT2D eigenvalue weighted by atomic mass is 9.76. The van der Waals surface area contributed by atoms with Crippen molar-refractivity contribution in [1.29, 1.82) is 0 Å². The number of hydrogen-bond acceptors (Lipinski definition) is 3. The summed E-state index contributed by atoms with van der Waals surface area (Å²) < 4.78 is 22.4. The highest BCUT2D eigenvalue weighted by Crippen LogP contribution is 2.50. The first-order valence-electron chi connectivity index (χ1n) is 11.2. The van der Waals surface area contributed by atoms with Crippen LogP contribution in [0.2, 0.25) is 0 Å². The molecule has 1 aliphatic heterocycles. The number of aromatic carboxylic acids is 1. The van der Waals surface area contributed by atoms with Gasteiger partial charge in [-0.05, 0) is 61.0 Å². The van der Waals surface area contributed by atoms with E-state index in [0.717, 1.165) is 28.0 Å². The zero-order valence-electron chi connectivity index (χ0n) is 19.3. The lowest BCUT2D eigenvalue weighted by Crippen LogP contribution is -2.43. The molecule has 0 amide bonds. The van der Waals surface area contributed by atoms with Crippen LogP contribution in [0.25, 0.3) is 16.6 Å². The van der Waals surface area contributed by atoms with Crippen LogP contribution >= 0.6 is 0 Å². The van der Waals surface area contributed by atoms with Crippen LogP contribution in [-0.4, -0.2) is 27.4 Å². The molecule has 0 fully saturated rings. The van der Waals surface area contributed by atoms with Crippen molar-refractivity contribution in [3.63, 3.8) is 0 Å². The highest BCUT2D eigenvalue weighted by molar-refractivity contribution is 5.94. The van der Waals surface area contributed by atoms with Gasteiger partial charge >= 0.3 is 5.97 Å². The van der Waals surface area contributed by atoms with Gasteiger partial charge in [0.2, 0.25) is 0 Å². The number of carboxylic acids is 1. The van der Waals surface area contributed by atoms with Gasteiger partial charge in [-0.15, -0.1) is 0 Å². The Morgan fingerprint density at radius 2 is 1.71 bits per heavy atom. The maximum atomic E-state index is 13.7. The van der Waals surface area contributed by atoms with Crippen molar-refractivity contribution in [2.24, 2.45) is 0 Å². The average Bonchev–Trinajstić information content (AvgIpc) is 3.17. The molecular formula is C28H26FNO4. The molecule has 4 aromatic rings. The maximum Gasteiger partial charge on any atom is 0.335 e. The molecule has 6 heteroatoms. The number of hydrogen-bond donors (Lipinski definition) is 2. The van der Waals surface area contributed by atoms with Crippen LogP contribution in [0.3, 0.4) is 0 Å². The summed E-state index contributed by atoms with van der Waals surface area (Å²) in [4.78, 5) is 11.3. The van der Waals surface area contributed by atoms with Gasteiger partial charge in [0.25, 0.3) is 0 Å². The molecule has 174 valence electrons. The van der Waals surface area contributed by atoms with Crippen LogP contribution in [0.4, 0.5) is 4.39 Å². The number of benzene rings is 3. The number of aromatic hydroxyl groups is 1. The third kappa shape index (κ3) is 3.46. The molecule has 2 N–H and O–H groups in total. The lowest BCUT2D eigenvalue weighted by molar-refractivity contribution is -0.0716. The minimum atomic E-state index is -0.969. The van der Waals surface area contributed by atoms with Crippen molar-refractivity contribution in [1.82, 2.24) is 4.57 Å². The summed E-state index contributed by atoms with van der Waals surface area (Å²) in [6.45, 7) is 6.65. The summed E-state index contributed by atoms with van der Waals surface area (Å²) in [5.74, 6) is -1.12. The molecule has 34 heavy (non-hydrogen) atoms. The summed E-state index contributed by atoms with van der Waals surface area (Å²) in [6, 6.07) is 18.6. The second kappa shape index (κ2) is 7.71. The van der Waals surface area contributed by atoms with Crippen LogP contribution in [-0.2, 0) is 22.2 Å². The first kappa shape index (κ1) is 22.2. The van der Waals surface area contributed by atoms with E-state index in [1.807, 2.05) is 13.0 Å². The molecule has 0 saturated carbocycles. The molecule has 1 aliphatic rings. The van der Waals surface area contributed by atoms with Crippen LogP contribution < -0.4 is 0 Å². The van der Waals surface area contributed by atoms with Crippen LogP contribution in [0.15, 0.2) is 66.7 Å². The molecule has 1 atom stereocenters. The third-order valence-electron chi connectivity index (χ3n) is 6.72. The second-order valence-corrected chi connectivity index (χ2v) is 9.79. The summed E-state index contributed by atoms with van der Waals surface area (Å²) in [5, 5.41) is 20.9. The first-order chi connectivity index (χ1) is 16.1. The van der Waals surface area contributed by atoms with Gasteiger partial charge in [0.15, 0.2) is 0 Å². The quantitative estimate of drug-likeness (QED) is 0.396. The smallest absolute Gasteiger partial charge is 0.335 e. The molecule has 0 radical (unpaired) electrons. The molecule has 0 saturated heterocycles. The Hall–Kier alpha value is -3.64. The first-order valence-corrected chi connectivity index (χ1v) is 11.2. The number of halogens is 1. The van der Waals surface area contributed by atoms with Gasteiger partial charge in [-0.2, -0.15) is 0 Å². The number of aromatic nitrogens is 1. The Labute approximate surface area is 197 Å². The molecule has 0 aliphatic carbocycles. The van der Waals surface area contributed by atoms with Gasteiger partial charge in [0.05, 0.1) is 23.3 Å². The highest BCUT2D eigenvalue weighted by atomic mass is 19.1. The number of fused-ring (bicyclic) bond motifs is 3. The average molecular weight is 460 g/mol. The fraction of sp³-hybridized carbons (Fsp3) is 0.250. The zero-order chi connectivity index (χ0) is 24.3. The Morgan fingerprint density at radius 3 is 2.35 bits per heavy atom. The number of carbonyl (C=O) groups is 1. The van der Waals surface area contributed by atoms with E-state index in [0.29, 0.717) is 18.4 Å². The Bertz CT molecular complexity index is 1400. The number of ether oxygens (including phenoxy) is 1. The normalized spacial score (nSPS) is 19.2. The highest BCUT2D eigenvalue weighted by Gasteiger charge is 2.46. The summed E-state index contributed by atoms with van der Waals surface area (Å²) >= 11 is 0. The molecule has 0 bridgehead atoms. The van der Waals surface area contributed by atoms with E-state index in [1.165, 1.54) is 12.1 Å². The predicted octanol–water partition coefficient (Wildman–Crippen LogP) is 5.94.